The van der Waals surface area contributed by atoms with Crippen LogP contribution >= 0.6 is 39.1 Å². The summed E-state index contributed by atoms with van der Waals surface area (Å²) in [5.41, 5.74) is 0.616. The third-order valence-electron chi connectivity index (χ3n) is 2.87. The van der Waals surface area contributed by atoms with Gasteiger partial charge in [-0.2, -0.15) is 0 Å². The van der Waals surface area contributed by atoms with Gasteiger partial charge in [0, 0.05) is 28.0 Å². The fourth-order valence-corrected chi connectivity index (χ4v) is 2.67. The highest BCUT2D eigenvalue weighted by molar-refractivity contribution is 9.10. The highest BCUT2D eigenvalue weighted by Gasteiger charge is 2.23. The molecule has 1 saturated heterocycles. The standard InChI is InChI=1S/C12H12BrCl2NO/c13-11-2-1-9(15)7-10(11)12(17)16-5-3-8(14)4-6-16/h1-2,7-8H,3-6H2. The monoisotopic (exact) mass is 335 g/mol. The Morgan fingerprint density at radius 1 is 1.35 bits per heavy atom. The van der Waals surface area contributed by atoms with Gasteiger partial charge in [0.05, 0.1) is 5.56 Å². The Hall–Kier alpha value is -0.250. The van der Waals surface area contributed by atoms with Crippen LogP contribution in [0.5, 0.6) is 0 Å². The lowest BCUT2D eigenvalue weighted by Gasteiger charge is -2.29. The van der Waals surface area contributed by atoms with E-state index in [4.69, 9.17) is 23.2 Å². The Balaban J connectivity index is 2.16. The molecule has 2 rings (SSSR count). The van der Waals surface area contributed by atoms with E-state index in [2.05, 4.69) is 15.9 Å². The largest absolute Gasteiger partial charge is 0.339 e. The third-order valence-corrected chi connectivity index (χ3v) is 4.23. The van der Waals surface area contributed by atoms with Crippen LogP contribution < -0.4 is 0 Å². The van der Waals surface area contributed by atoms with Crippen LogP contribution in [-0.4, -0.2) is 29.3 Å². The number of nitrogens with zero attached hydrogens (tertiary/aromatic N) is 1. The third kappa shape index (κ3) is 3.15. The first-order chi connectivity index (χ1) is 8.08. The first-order valence-electron chi connectivity index (χ1n) is 5.46. The van der Waals surface area contributed by atoms with E-state index in [0.29, 0.717) is 23.7 Å². The molecule has 92 valence electrons. The summed E-state index contributed by atoms with van der Waals surface area (Å²) in [6.45, 7) is 1.43. The van der Waals surface area contributed by atoms with Gasteiger partial charge < -0.3 is 4.90 Å². The van der Waals surface area contributed by atoms with Crippen LogP contribution in [-0.2, 0) is 0 Å². The quantitative estimate of drug-likeness (QED) is 0.711. The van der Waals surface area contributed by atoms with Crippen LogP contribution in [0.4, 0.5) is 0 Å². The van der Waals surface area contributed by atoms with E-state index < -0.39 is 0 Å². The minimum Gasteiger partial charge on any atom is -0.339 e. The molecule has 0 aromatic heterocycles. The van der Waals surface area contributed by atoms with E-state index in [1.807, 2.05) is 4.90 Å². The second kappa shape index (κ2) is 5.59. The van der Waals surface area contributed by atoms with Crippen LogP contribution in [0.2, 0.25) is 5.02 Å². The number of alkyl halides is 1. The summed E-state index contributed by atoms with van der Waals surface area (Å²) in [7, 11) is 0. The molecule has 0 unspecified atom stereocenters. The number of benzene rings is 1. The second-order valence-electron chi connectivity index (χ2n) is 4.09. The normalized spacial score (nSPS) is 17.2. The van der Waals surface area contributed by atoms with Gasteiger partial charge in [0.25, 0.3) is 5.91 Å². The number of carbonyl (C=O) groups is 1. The van der Waals surface area contributed by atoms with Crippen LogP contribution in [0.15, 0.2) is 22.7 Å². The molecule has 1 amide bonds. The highest BCUT2D eigenvalue weighted by atomic mass is 79.9. The van der Waals surface area contributed by atoms with Gasteiger partial charge in [-0.1, -0.05) is 11.6 Å². The smallest absolute Gasteiger partial charge is 0.255 e. The number of piperidine rings is 1. The minimum absolute atomic E-state index is 0.0166. The molecule has 0 atom stereocenters. The highest BCUT2D eigenvalue weighted by Crippen LogP contribution is 2.24. The summed E-state index contributed by atoms with van der Waals surface area (Å²) in [5, 5.41) is 0.769. The molecule has 0 saturated carbocycles. The van der Waals surface area contributed by atoms with Crippen LogP contribution in [0, 0.1) is 0 Å². The molecule has 5 heteroatoms. The van der Waals surface area contributed by atoms with E-state index >= 15 is 0 Å². The molecule has 17 heavy (non-hydrogen) atoms. The summed E-state index contributed by atoms with van der Waals surface area (Å²) >= 11 is 15.3. The lowest BCUT2D eigenvalue weighted by molar-refractivity contribution is 0.0725. The fraction of sp³-hybridized carbons (Fsp3) is 0.417. The Labute approximate surface area is 119 Å². The molecular formula is C12H12BrCl2NO. The zero-order valence-electron chi connectivity index (χ0n) is 9.13. The van der Waals surface area contributed by atoms with E-state index in [0.717, 1.165) is 17.3 Å². The van der Waals surface area contributed by atoms with Crippen molar-refractivity contribution in [3.8, 4) is 0 Å². The molecule has 1 aliphatic heterocycles. The topological polar surface area (TPSA) is 20.3 Å². The minimum atomic E-state index is 0.0166. The van der Waals surface area contributed by atoms with Crippen LogP contribution in [0.3, 0.4) is 0 Å². The predicted molar refractivity (Wildman–Crippen MR) is 73.9 cm³/mol. The first-order valence-corrected chi connectivity index (χ1v) is 7.07. The van der Waals surface area contributed by atoms with Crippen molar-refractivity contribution in [3.63, 3.8) is 0 Å². The molecule has 0 radical (unpaired) electrons. The van der Waals surface area contributed by atoms with Crippen LogP contribution in [0.1, 0.15) is 23.2 Å². The molecule has 1 aromatic carbocycles. The Morgan fingerprint density at radius 3 is 2.65 bits per heavy atom. The number of carbonyl (C=O) groups excluding carboxylic acids is 1. The first kappa shape index (κ1) is 13.2. The summed E-state index contributed by atoms with van der Waals surface area (Å²) in [4.78, 5) is 14.1. The molecule has 0 N–H and O–H groups in total. The average molecular weight is 337 g/mol. The fourth-order valence-electron chi connectivity index (χ4n) is 1.88. The van der Waals surface area contributed by atoms with Gasteiger partial charge in [0.15, 0.2) is 0 Å². The number of halogens is 3. The Kier molecular flexibility index (Phi) is 4.34. The lowest BCUT2D eigenvalue weighted by atomic mass is 10.1. The van der Waals surface area contributed by atoms with Gasteiger partial charge in [0.1, 0.15) is 0 Å². The van der Waals surface area contributed by atoms with Crippen molar-refractivity contribution in [2.45, 2.75) is 18.2 Å². The number of amides is 1. The summed E-state index contributed by atoms with van der Waals surface area (Å²) in [5.74, 6) is 0.0166. The zero-order valence-corrected chi connectivity index (χ0v) is 12.2. The summed E-state index contributed by atoms with van der Waals surface area (Å²) in [6, 6.07) is 5.25. The maximum Gasteiger partial charge on any atom is 0.255 e. The van der Waals surface area contributed by atoms with E-state index in [1.54, 1.807) is 18.2 Å². The summed E-state index contributed by atoms with van der Waals surface area (Å²) < 4.78 is 0.778. The number of hydrogen-bond acceptors (Lipinski definition) is 1. The zero-order chi connectivity index (χ0) is 12.4. The van der Waals surface area contributed by atoms with Crippen molar-refractivity contribution in [2.75, 3.05) is 13.1 Å². The van der Waals surface area contributed by atoms with Crippen molar-refractivity contribution >= 4 is 45.0 Å². The molecule has 1 aromatic rings. The molecular weight excluding hydrogens is 325 g/mol. The summed E-state index contributed by atoms with van der Waals surface area (Å²) in [6.07, 6.45) is 1.71. The van der Waals surface area contributed by atoms with E-state index in [-0.39, 0.29) is 11.3 Å². The molecule has 0 spiro atoms. The Bertz CT molecular complexity index is 431. The van der Waals surface area contributed by atoms with Gasteiger partial charge in [-0.25, -0.2) is 0 Å². The molecule has 2 nitrogen and oxygen atoms in total. The molecule has 1 aliphatic rings. The maximum atomic E-state index is 12.3. The Morgan fingerprint density at radius 2 is 2.00 bits per heavy atom. The number of likely N-dealkylation sites (tertiary alicyclic amines) is 1. The van der Waals surface area contributed by atoms with E-state index in [9.17, 15) is 4.79 Å². The van der Waals surface area contributed by atoms with Gasteiger partial charge >= 0.3 is 0 Å². The van der Waals surface area contributed by atoms with Gasteiger partial charge in [-0.15, -0.1) is 11.6 Å². The number of rotatable bonds is 1. The predicted octanol–water partition coefficient (Wildman–Crippen LogP) is 3.95. The van der Waals surface area contributed by atoms with Crippen molar-refractivity contribution in [2.24, 2.45) is 0 Å². The van der Waals surface area contributed by atoms with Crippen molar-refractivity contribution < 1.29 is 4.79 Å². The average Bonchev–Trinajstić information content (AvgIpc) is 2.32. The van der Waals surface area contributed by atoms with Crippen molar-refractivity contribution in [1.82, 2.24) is 4.90 Å². The van der Waals surface area contributed by atoms with Gasteiger partial charge in [-0.3, -0.25) is 4.79 Å². The molecule has 0 aliphatic carbocycles. The van der Waals surface area contributed by atoms with Gasteiger partial charge in [0.2, 0.25) is 0 Å². The molecule has 1 fully saturated rings. The number of hydrogen-bond donors (Lipinski definition) is 0. The SMILES string of the molecule is O=C(c1cc(Cl)ccc1Br)N1CCC(Cl)CC1. The van der Waals surface area contributed by atoms with Crippen molar-refractivity contribution in [1.29, 1.82) is 0 Å². The second-order valence-corrected chi connectivity index (χ2v) is 6.00. The molecule has 0 bridgehead atoms. The lowest BCUT2D eigenvalue weighted by Crippen LogP contribution is -2.38. The maximum absolute atomic E-state index is 12.3. The molecule has 1 heterocycles. The van der Waals surface area contributed by atoms with Crippen LogP contribution in [0.25, 0.3) is 0 Å². The van der Waals surface area contributed by atoms with Crippen molar-refractivity contribution in [3.05, 3.63) is 33.3 Å². The van der Waals surface area contributed by atoms with E-state index in [1.165, 1.54) is 0 Å². The van der Waals surface area contributed by atoms with Gasteiger partial charge in [-0.05, 0) is 47.0 Å².